The van der Waals surface area contributed by atoms with E-state index in [0.717, 1.165) is 23.2 Å². The second kappa shape index (κ2) is 9.65. The van der Waals surface area contributed by atoms with Crippen LogP contribution in [0.25, 0.3) is 17.0 Å². The summed E-state index contributed by atoms with van der Waals surface area (Å²) in [5.74, 6) is 0.809. The lowest BCUT2D eigenvalue weighted by atomic mass is 9.94. The quantitative estimate of drug-likeness (QED) is 0.355. The topological polar surface area (TPSA) is 80.5 Å². The number of rotatable bonds is 6. The van der Waals surface area contributed by atoms with Crippen LogP contribution in [-0.2, 0) is 6.42 Å². The zero-order chi connectivity index (χ0) is 25.2. The SMILES string of the molecule is CCc1cccc(N2C(=O)NC(c3ccc(OC)cc3)C(c3nc(-c4cccc(F)c4)no3)=C2C)c1. The van der Waals surface area contributed by atoms with Crippen LogP contribution in [0.2, 0.25) is 0 Å². The minimum atomic E-state index is -0.546. The minimum absolute atomic E-state index is 0.240. The molecule has 4 aromatic rings. The number of nitrogens with zero attached hydrogens (tertiary/aromatic N) is 3. The van der Waals surface area contributed by atoms with Gasteiger partial charge in [0.1, 0.15) is 11.6 Å². The molecule has 1 N–H and O–H groups in total. The lowest BCUT2D eigenvalue weighted by molar-refractivity contribution is 0.244. The molecule has 1 aromatic heterocycles. The number of carbonyl (C=O) groups is 1. The molecule has 0 saturated carbocycles. The Bertz CT molecular complexity index is 1450. The first-order valence-electron chi connectivity index (χ1n) is 11.6. The molecule has 0 saturated heterocycles. The van der Waals surface area contributed by atoms with Gasteiger partial charge in [-0.2, -0.15) is 4.98 Å². The number of aryl methyl sites for hydroxylation is 1. The van der Waals surface area contributed by atoms with Crippen LogP contribution in [0, 0.1) is 5.82 Å². The molecule has 8 heteroatoms. The van der Waals surface area contributed by atoms with Crippen LogP contribution < -0.4 is 15.0 Å². The van der Waals surface area contributed by atoms with E-state index in [1.165, 1.54) is 12.1 Å². The number of nitrogens with one attached hydrogen (secondary N) is 1. The van der Waals surface area contributed by atoms with Crippen molar-refractivity contribution in [1.29, 1.82) is 0 Å². The molecule has 1 aliphatic rings. The van der Waals surface area contributed by atoms with E-state index >= 15 is 0 Å². The Morgan fingerprint density at radius 2 is 1.86 bits per heavy atom. The van der Waals surface area contributed by atoms with E-state index in [0.29, 0.717) is 22.6 Å². The molecule has 182 valence electrons. The third-order valence-electron chi connectivity index (χ3n) is 6.25. The highest BCUT2D eigenvalue weighted by molar-refractivity contribution is 6.01. The largest absolute Gasteiger partial charge is 0.497 e. The number of benzene rings is 3. The van der Waals surface area contributed by atoms with Gasteiger partial charge >= 0.3 is 6.03 Å². The monoisotopic (exact) mass is 484 g/mol. The average Bonchev–Trinajstić information content (AvgIpc) is 3.38. The Morgan fingerprint density at radius 1 is 1.08 bits per heavy atom. The highest BCUT2D eigenvalue weighted by atomic mass is 19.1. The van der Waals surface area contributed by atoms with Gasteiger partial charge in [0.25, 0.3) is 5.89 Å². The van der Waals surface area contributed by atoms with Crippen LogP contribution in [0.3, 0.4) is 0 Å². The normalized spacial score (nSPS) is 15.7. The zero-order valence-electron chi connectivity index (χ0n) is 20.2. The van der Waals surface area contributed by atoms with Crippen molar-refractivity contribution in [3.63, 3.8) is 0 Å². The van der Waals surface area contributed by atoms with Gasteiger partial charge in [0.05, 0.1) is 24.4 Å². The maximum Gasteiger partial charge on any atom is 0.326 e. The summed E-state index contributed by atoms with van der Waals surface area (Å²) < 4.78 is 24.8. The number of amides is 2. The van der Waals surface area contributed by atoms with E-state index in [9.17, 15) is 9.18 Å². The lowest BCUT2D eigenvalue weighted by Gasteiger charge is -2.35. The van der Waals surface area contributed by atoms with Crippen LogP contribution in [-0.4, -0.2) is 23.3 Å². The fraction of sp³-hybridized carbons (Fsp3) is 0.179. The lowest BCUT2D eigenvalue weighted by Crippen LogP contribution is -2.46. The molecular weight excluding hydrogens is 459 g/mol. The van der Waals surface area contributed by atoms with Gasteiger partial charge in [0.2, 0.25) is 5.82 Å². The van der Waals surface area contributed by atoms with Crippen molar-refractivity contribution in [3.05, 3.63) is 101 Å². The Hall–Kier alpha value is -4.46. The standard InChI is InChI=1S/C28H25FN4O3/c1-4-18-7-5-10-22(15-18)33-17(2)24(25(30-28(33)34)19-11-13-23(35-3)14-12-19)27-31-26(32-36-27)20-8-6-9-21(29)16-20/h5-16,25H,4H2,1-3H3,(H,30,34). The summed E-state index contributed by atoms with van der Waals surface area (Å²) in [6.07, 6.45) is 0.841. The number of hydrogen-bond donors (Lipinski definition) is 1. The number of aromatic nitrogens is 2. The van der Waals surface area contributed by atoms with E-state index in [1.54, 1.807) is 24.1 Å². The maximum absolute atomic E-state index is 13.8. The Labute approximate surface area is 208 Å². The summed E-state index contributed by atoms with van der Waals surface area (Å²) >= 11 is 0. The zero-order valence-corrected chi connectivity index (χ0v) is 20.2. The fourth-order valence-electron chi connectivity index (χ4n) is 4.37. The number of allylic oxidation sites excluding steroid dienone is 1. The van der Waals surface area contributed by atoms with Gasteiger partial charge in [-0.15, -0.1) is 0 Å². The van der Waals surface area contributed by atoms with E-state index in [1.807, 2.05) is 55.5 Å². The van der Waals surface area contributed by atoms with Crippen molar-refractivity contribution < 1.29 is 18.4 Å². The highest BCUT2D eigenvalue weighted by Crippen LogP contribution is 2.39. The van der Waals surface area contributed by atoms with Gasteiger partial charge in [-0.05, 0) is 60.9 Å². The highest BCUT2D eigenvalue weighted by Gasteiger charge is 2.36. The number of urea groups is 1. The number of carbonyl (C=O) groups excluding carboxylic acids is 1. The molecule has 0 radical (unpaired) electrons. The van der Waals surface area contributed by atoms with Gasteiger partial charge in [-0.3, -0.25) is 4.90 Å². The second-order valence-electron chi connectivity index (χ2n) is 8.45. The third-order valence-corrected chi connectivity index (χ3v) is 6.25. The van der Waals surface area contributed by atoms with Gasteiger partial charge in [-0.1, -0.05) is 48.5 Å². The van der Waals surface area contributed by atoms with Crippen LogP contribution in [0.4, 0.5) is 14.9 Å². The van der Waals surface area contributed by atoms with Crippen molar-refractivity contribution in [2.24, 2.45) is 0 Å². The number of ether oxygens (including phenoxy) is 1. The molecule has 0 bridgehead atoms. The molecule has 3 aromatic carbocycles. The summed E-state index contributed by atoms with van der Waals surface area (Å²) in [6, 6.07) is 20.5. The number of hydrogen-bond acceptors (Lipinski definition) is 5. The van der Waals surface area contributed by atoms with Crippen LogP contribution in [0.15, 0.2) is 83.0 Å². The van der Waals surface area contributed by atoms with Crippen LogP contribution in [0.5, 0.6) is 5.75 Å². The smallest absolute Gasteiger partial charge is 0.326 e. The van der Waals surface area contributed by atoms with Gasteiger partial charge in [0, 0.05) is 11.3 Å². The van der Waals surface area contributed by atoms with Gasteiger partial charge < -0.3 is 14.6 Å². The van der Waals surface area contributed by atoms with Crippen molar-refractivity contribution >= 4 is 17.3 Å². The first-order valence-corrected chi connectivity index (χ1v) is 11.6. The number of anilines is 1. The summed E-state index contributed by atoms with van der Waals surface area (Å²) in [7, 11) is 1.60. The first kappa shape index (κ1) is 23.3. The molecule has 1 atom stereocenters. The minimum Gasteiger partial charge on any atom is -0.497 e. The molecule has 0 aliphatic carbocycles. The Balaban J connectivity index is 1.65. The van der Waals surface area contributed by atoms with Crippen molar-refractivity contribution in [1.82, 2.24) is 15.5 Å². The predicted molar refractivity (Wildman–Crippen MR) is 135 cm³/mol. The third kappa shape index (κ3) is 4.33. The van der Waals surface area contributed by atoms with Crippen molar-refractivity contribution in [3.8, 4) is 17.1 Å². The Morgan fingerprint density at radius 3 is 2.58 bits per heavy atom. The first-order chi connectivity index (χ1) is 17.5. The second-order valence-corrected chi connectivity index (χ2v) is 8.45. The molecule has 5 rings (SSSR count). The molecular formula is C28H25FN4O3. The number of methoxy groups -OCH3 is 1. The summed E-state index contributed by atoms with van der Waals surface area (Å²) in [5, 5.41) is 7.19. The molecule has 36 heavy (non-hydrogen) atoms. The van der Waals surface area contributed by atoms with E-state index in [4.69, 9.17) is 9.26 Å². The molecule has 1 aliphatic heterocycles. The summed E-state index contributed by atoms with van der Waals surface area (Å²) in [6.45, 7) is 3.92. The van der Waals surface area contributed by atoms with E-state index in [-0.39, 0.29) is 17.7 Å². The van der Waals surface area contributed by atoms with Crippen LogP contribution >= 0.6 is 0 Å². The predicted octanol–water partition coefficient (Wildman–Crippen LogP) is 6.15. The molecule has 1 unspecified atom stereocenters. The molecule has 0 spiro atoms. The fourth-order valence-corrected chi connectivity index (χ4v) is 4.37. The number of halogens is 1. The van der Waals surface area contributed by atoms with Gasteiger partial charge in [0.15, 0.2) is 0 Å². The average molecular weight is 485 g/mol. The molecule has 0 fully saturated rings. The molecule has 7 nitrogen and oxygen atoms in total. The van der Waals surface area contributed by atoms with E-state index < -0.39 is 11.9 Å². The molecule has 2 heterocycles. The summed E-state index contributed by atoms with van der Waals surface area (Å²) in [4.78, 5) is 19.6. The maximum atomic E-state index is 13.8. The van der Waals surface area contributed by atoms with Crippen molar-refractivity contribution in [2.75, 3.05) is 12.0 Å². The van der Waals surface area contributed by atoms with Crippen LogP contribution in [0.1, 0.15) is 36.9 Å². The van der Waals surface area contributed by atoms with E-state index in [2.05, 4.69) is 22.4 Å². The Kier molecular flexibility index (Phi) is 6.25. The molecule has 2 amide bonds. The van der Waals surface area contributed by atoms with Gasteiger partial charge in [-0.25, -0.2) is 9.18 Å². The van der Waals surface area contributed by atoms with Crippen molar-refractivity contribution in [2.45, 2.75) is 26.3 Å². The summed E-state index contributed by atoms with van der Waals surface area (Å²) in [5.41, 5.74) is 4.47.